The molecule has 0 fully saturated rings. The summed E-state index contributed by atoms with van der Waals surface area (Å²) in [5.41, 5.74) is 0.336. The lowest BCUT2D eigenvalue weighted by Crippen LogP contribution is -2.00. The number of hydrogen-bond acceptors (Lipinski definition) is 5. The molecule has 0 aromatic heterocycles. The van der Waals surface area contributed by atoms with Crippen LogP contribution in [0.2, 0.25) is 10.0 Å². The molecule has 0 N–H and O–H groups in total. The van der Waals surface area contributed by atoms with E-state index in [0.29, 0.717) is 9.79 Å². The number of carbonyl (C=O) groups is 2. The van der Waals surface area contributed by atoms with Crippen LogP contribution in [0.15, 0.2) is 80.2 Å². The van der Waals surface area contributed by atoms with Crippen LogP contribution in [0.5, 0.6) is 0 Å². The van der Waals surface area contributed by atoms with Crippen LogP contribution in [0.25, 0.3) is 0 Å². The number of esters is 2. The van der Waals surface area contributed by atoms with Gasteiger partial charge in [-0.2, -0.15) is 0 Å². The molecular formula is C20H10Cl2O3S2. The first-order valence-corrected chi connectivity index (χ1v) is 10.2. The van der Waals surface area contributed by atoms with Crippen molar-refractivity contribution in [1.29, 1.82) is 0 Å². The maximum Gasteiger partial charge on any atom is 0.348 e. The zero-order chi connectivity index (χ0) is 19.0. The van der Waals surface area contributed by atoms with Crippen molar-refractivity contribution in [1.82, 2.24) is 0 Å². The van der Waals surface area contributed by atoms with Crippen LogP contribution < -0.4 is 0 Å². The van der Waals surface area contributed by atoms with Gasteiger partial charge in [0.15, 0.2) is 0 Å². The zero-order valence-corrected chi connectivity index (χ0v) is 16.7. The Balaban J connectivity index is 1.89. The second kappa shape index (κ2) is 7.60. The van der Waals surface area contributed by atoms with Crippen LogP contribution in [0.1, 0.15) is 20.7 Å². The summed E-state index contributed by atoms with van der Waals surface area (Å²) >= 11 is 15.6. The van der Waals surface area contributed by atoms with Crippen molar-refractivity contribution in [3.05, 3.63) is 81.8 Å². The number of cyclic esters (lactones) is 2. The van der Waals surface area contributed by atoms with Crippen molar-refractivity contribution < 1.29 is 14.3 Å². The predicted octanol–water partition coefficient (Wildman–Crippen LogP) is 6.61. The Hall–Kier alpha value is -1.92. The third-order valence-corrected chi connectivity index (χ3v) is 7.13. The zero-order valence-electron chi connectivity index (χ0n) is 13.6. The van der Waals surface area contributed by atoms with Gasteiger partial charge in [-0.05, 0) is 24.3 Å². The summed E-state index contributed by atoms with van der Waals surface area (Å²) in [6, 6.07) is 18.8. The molecule has 3 aromatic carbocycles. The predicted molar refractivity (Wildman–Crippen MR) is 107 cm³/mol. The average Bonchev–Trinajstić information content (AvgIpc) is 2.98. The second-order valence-corrected chi connectivity index (χ2v) is 8.47. The number of ether oxygens (including phenoxy) is 1. The molecule has 0 unspecified atom stereocenters. The summed E-state index contributed by atoms with van der Waals surface area (Å²) in [4.78, 5) is 27.4. The van der Waals surface area contributed by atoms with Crippen LogP contribution in [0, 0.1) is 0 Å². The molecule has 3 nitrogen and oxygen atoms in total. The molecule has 0 aliphatic carbocycles. The van der Waals surface area contributed by atoms with Gasteiger partial charge >= 0.3 is 11.9 Å². The molecule has 27 heavy (non-hydrogen) atoms. The first kappa shape index (κ1) is 18.4. The Morgan fingerprint density at radius 1 is 0.630 bits per heavy atom. The number of fused-ring (bicyclic) bond motifs is 1. The molecule has 0 saturated carbocycles. The van der Waals surface area contributed by atoms with Gasteiger partial charge in [-0.25, -0.2) is 9.59 Å². The summed E-state index contributed by atoms with van der Waals surface area (Å²) in [6.45, 7) is 0. The molecule has 1 heterocycles. The van der Waals surface area contributed by atoms with Gasteiger partial charge in [-0.15, -0.1) is 0 Å². The van der Waals surface area contributed by atoms with E-state index in [0.717, 1.165) is 9.79 Å². The molecule has 3 aromatic rings. The van der Waals surface area contributed by atoms with Gasteiger partial charge in [0.1, 0.15) is 0 Å². The summed E-state index contributed by atoms with van der Waals surface area (Å²) in [6.07, 6.45) is 0. The highest BCUT2D eigenvalue weighted by Crippen LogP contribution is 2.50. The molecular weight excluding hydrogens is 423 g/mol. The molecule has 134 valence electrons. The number of benzene rings is 3. The molecule has 0 spiro atoms. The van der Waals surface area contributed by atoms with Crippen molar-refractivity contribution in [3.63, 3.8) is 0 Å². The minimum Gasteiger partial charge on any atom is -0.386 e. The van der Waals surface area contributed by atoms with E-state index in [9.17, 15) is 9.59 Å². The van der Waals surface area contributed by atoms with Gasteiger partial charge in [0.05, 0.1) is 21.2 Å². The van der Waals surface area contributed by atoms with Crippen LogP contribution in [-0.4, -0.2) is 11.9 Å². The molecule has 0 saturated heterocycles. The Bertz CT molecular complexity index is 970. The number of halogens is 2. The molecule has 7 heteroatoms. The molecule has 1 aliphatic heterocycles. The summed E-state index contributed by atoms with van der Waals surface area (Å²) in [5, 5.41) is 0.462. The van der Waals surface area contributed by atoms with E-state index >= 15 is 0 Å². The number of carbonyl (C=O) groups excluding carboxylic acids is 2. The second-order valence-electron chi connectivity index (χ2n) is 5.54. The van der Waals surface area contributed by atoms with E-state index in [1.54, 1.807) is 0 Å². The molecule has 1 aliphatic rings. The largest absolute Gasteiger partial charge is 0.386 e. The Morgan fingerprint density at radius 2 is 1.00 bits per heavy atom. The maximum atomic E-state index is 12.4. The van der Waals surface area contributed by atoms with Gasteiger partial charge < -0.3 is 4.74 Å². The fourth-order valence-electron chi connectivity index (χ4n) is 2.63. The van der Waals surface area contributed by atoms with Crippen molar-refractivity contribution in [3.8, 4) is 0 Å². The van der Waals surface area contributed by atoms with Crippen LogP contribution >= 0.6 is 46.7 Å². The van der Waals surface area contributed by atoms with E-state index < -0.39 is 11.9 Å². The fourth-order valence-corrected chi connectivity index (χ4v) is 5.36. The maximum absolute atomic E-state index is 12.4. The molecule has 0 bridgehead atoms. The standard InChI is InChI=1S/C20H10Cl2O3S2/c21-15-16(22)18(27-12-9-5-2-6-10-12)14-13(19(23)25-20(14)24)17(15)26-11-7-3-1-4-8-11/h1-10H. The topological polar surface area (TPSA) is 43.4 Å². The Kier molecular flexibility index (Phi) is 5.19. The third kappa shape index (κ3) is 3.48. The Morgan fingerprint density at radius 3 is 1.37 bits per heavy atom. The van der Waals surface area contributed by atoms with Crippen molar-refractivity contribution in [2.24, 2.45) is 0 Å². The SMILES string of the molecule is O=C1OC(=O)c2c(Sc3ccccc3)c(Cl)c(Cl)c(Sc3ccccc3)c21. The van der Waals surface area contributed by atoms with E-state index in [4.69, 9.17) is 27.9 Å². The quantitative estimate of drug-likeness (QED) is 0.342. The average molecular weight is 433 g/mol. The summed E-state index contributed by atoms with van der Waals surface area (Å²) < 4.78 is 4.88. The highest BCUT2D eigenvalue weighted by molar-refractivity contribution is 8.00. The van der Waals surface area contributed by atoms with E-state index in [2.05, 4.69) is 0 Å². The normalized spacial score (nSPS) is 12.8. The first-order valence-electron chi connectivity index (χ1n) is 7.83. The van der Waals surface area contributed by atoms with Gasteiger partial charge in [0.2, 0.25) is 0 Å². The summed E-state index contributed by atoms with van der Waals surface area (Å²) in [7, 11) is 0. The van der Waals surface area contributed by atoms with Crippen molar-refractivity contribution in [2.75, 3.05) is 0 Å². The van der Waals surface area contributed by atoms with Crippen LogP contribution in [0.3, 0.4) is 0 Å². The van der Waals surface area contributed by atoms with Crippen molar-refractivity contribution in [2.45, 2.75) is 19.6 Å². The fraction of sp³-hybridized carbons (Fsp3) is 0. The van der Waals surface area contributed by atoms with E-state index in [1.165, 1.54) is 23.5 Å². The minimum absolute atomic E-state index is 0.168. The van der Waals surface area contributed by atoms with E-state index in [-0.39, 0.29) is 21.2 Å². The smallest absolute Gasteiger partial charge is 0.348 e. The number of rotatable bonds is 4. The van der Waals surface area contributed by atoms with Gasteiger partial charge in [-0.1, -0.05) is 83.1 Å². The molecule has 4 rings (SSSR count). The lowest BCUT2D eigenvalue weighted by atomic mass is 10.1. The summed E-state index contributed by atoms with van der Waals surface area (Å²) in [5.74, 6) is -1.41. The first-order chi connectivity index (χ1) is 13.1. The number of hydrogen-bond donors (Lipinski definition) is 0. The highest BCUT2D eigenvalue weighted by atomic mass is 35.5. The lowest BCUT2D eigenvalue weighted by Gasteiger charge is -2.14. The van der Waals surface area contributed by atoms with Gasteiger partial charge in [-0.3, -0.25) is 0 Å². The lowest BCUT2D eigenvalue weighted by molar-refractivity contribution is 0.0441. The Labute approximate surface area is 174 Å². The van der Waals surface area contributed by atoms with E-state index in [1.807, 2.05) is 60.7 Å². The van der Waals surface area contributed by atoms with Gasteiger partial charge in [0, 0.05) is 19.6 Å². The highest BCUT2D eigenvalue weighted by Gasteiger charge is 2.39. The van der Waals surface area contributed by atoms with Crippen molar-refractivity contribution >= 4 is 58.7 Å². The molecule has 0 atom stereocenters. The van der Waals surface area contributed by atoms with Gasteiger partial charge in [0.25, 0.3) is 0 Å². The minimum atomic E-state index is -0.707. The monoisotopic (exact) mass is 432 g/mol. The third-order valence-electron chi connectivity index (χ3n) is 3.82. The van der Waals surface area contributed by atoms with Crippen LogP contribution in [-0.2, 0) is 4.74 Å². The van der Waals surface area contributed by atoms with Crippen LogP contribution in [0.4, 0.5) is 0 Å². The molecule has 0 amide bonds. The molecule has 0 radical (unpaired) electrons.